The predicted octanol–water partition coefficient (Wildman–Crippen LogP) is 4.31. The molecule has 37 heavy (non-hydrogen) atoms. The van der Waals surface area contributed by atoms with E-state index < -0.39 is 0 Å². The lowest BCUT2D eigenvalue weighted by Crippen LogP contribution is -2.47. The standard InChI is InChI=1S/C30H37N5O2/c36-30(25-5-9-27(10-6-25)34-15-1-2-16-34)32-26-7-3-23(4-8-26)12-17-33-18-20-35(21-19-33)29-28-24(11-14-31-29)13-22-37-28/h1-2,5-6,9-11,14-16,23,26H,3-4,7-8,12-13,17-22H2,(H,32,36)/t23-,26-. The zero-order valence-corrected chi connectivity index (χ0v) is 21.5. The number of carbonyl (C=O) groups excluding carboxylic acids is 1. The summed E-state index contributed by atoms with van der Waals surface area (Å²) in [5, 5.41) is 3.28. The number of hydrogen-bond acceptors (Lipinski definition) is 5. The summed E-state index contributed by atoms with van der Waals surface area (Å²) in [6.07, 6.45) is 12.8. The molecule has 3 aliphatic rings. The van der Waals surface area contributed by atoms with Crippen LogP contribution < -0.4 is 15.0 Å². The SMILES string of the molecule is O=C(N[C@H]1CC[C@H](CCN2CCN(c3nccc4c3OCC4)CC2)CC1)c1ccc(-n2cccc2)cc1. The molecule has 194 valence electrons. The van der Waals surface area contributed by atoms with Gasteiger partial charge in [0.2, 0.25) is 0 Å². The summed E-state index contributed by atoms with van der Waals surface area (Å²) in [7, 11) is 0. The molecule has 3 aromatic rings. The van der Waals surface area contributed by atoms with Gasteiger partial charge in [0, 0.05) is 74.0 Å². The lowest BCUT2D eigenvalue weighted by atomic mass is 9.84. The van der Waals surface area contributed by atoms with E-state index in [1.165, 1.54) is 31.4 Å². The first-order valence-electron chi connectivity index (χ1n) is 13.9. The number of aromatic nitrogens is 2. The fraction of sp³-hybridized carbons (Fsp3) is 0.467. The number of piperazine rings is 1. The van der Waals surface area contributed by atoms with E-state index >= 15 is 0 Å². The molecule has 4 heterocycles. The molecule has 7 heteroatoms. The molecule has 0 atom stereocenters. The summed E-state index contributed by atoms with van der Waals surface area (Å²) < 4.78 is 7.91. The van der Waals surface area contributed by atoms with E-state index in [1.807, 2.05) is 59.6 Å². The summed E-state index contributed by atoms with van der Waals surface area (Å²) in [5.41, 5.74) is 3.10. The van der Waals surface area contributed by atoms with Crippen molar-refractivity contribution in [2.24, 2.45) is 5.92 Å². The Morgan fingerprint density at radius 3 is 2.49 bits per heavy atom. The van der Waals surface area contributed by atoms with Crippen molar-refractivity contribution in [3.63, 3.8) is 0 Å². The van der Waals surface area contributed by atoms with Gasteiger partial charge in [-0.25, -0.2) is 4.98 Å². The van der Waals surface area contributed by atoms with E-state index in [0.29, 0.717) is 6.04 Å². The average molecular weight is 500 g/mol. The van der Waals surface area contributed by atoms with Crippen LogP contribution in [0, 0.1) is 5.92 Å². The molecule has 6 rings (SSSR count). The Morgan fingerprint density at radius 1 is 0.973 bits per heavy atom. The van der Waals surface area contributed by atoms with Crippen LogP contribution in [0.4, 0.5) is 5.82 Å². The lowest BCUT2D eigenvalue weighted by Gasteiger charge is -2.37. The Hall–Kier alpha value is -3.32. The first kappa shape index (κ1) is 24.0. The number of carbonyl (C=O) groups is 1. The van der Waals surface area contributed by atoms with Gasteiger partial charge in [0.05, 0.1) is 6.61 Å². The fourth-order valence-electron chi connectivity index (χ4n) is 6.02. The van der Waals surface area contributed by atoms with Crippen LogP contribution in [0.5, 0.6) is 5.75 Å². The molecule has 0 bridgehead atoms. The quantitative estimate of drug-likeness (QED) is 0.525. The van der Waals surface area contributed by atoms with E-state index in [0.717, 1.165) is 80.8 Å². The van der Waals surface area contributed by atoms with Crippen molar-refractivity contribution >= 4 is 11.7 Å². The zero-order valence-electron chi connectivity index (χ0n) is 21.5. The Kier molecular flexibility index (Phi) is 7.13. The van der Waals surface area contributed by atoms with E-state index in [1.54, 1.807) is 0 Å². The van der Waals surface area contributed by atoms with Gasteiger partial charge in [0.15, 0.2) is 11.6 Å². The van der Waals surface area contributed by atoms with E-state index in [-0.39, 0.29) is 5.91 Å². The van der Waals surface area contributed by atoms with Gasteiger partial charge < -0.3 is 19.5 Å². The first-order valence-corrected chi connectivity index (χ1v) is 13.9. The van der Waals surface area contributed by atoms with Gasteiger partial charge >= 0.3 is 0 Å². The molecule has 2 fully saturated rings. The number of ether oxygens (including phenoxy) is 1. The van der Waals surface area contributed by atoms with Crippen molar-refractivity contribution < 1.29 is 9.53 Å². The van der Waals surface area contributed by atoms with Gasteiger partial charge in [-0.05, 0) is 87.0 Å². The van der Waals surface area contributed by atoms with Gasteiger partial charge in [-0.15, -0.1) is 0 Å². The van der Waals surface area contributed by atoms with Crippen LogP contribution in [0.1, 0.15) is 48.0 Å². The number of hydrogen-bond donors (Lipinski definition) is 1. The van der Waals surface area contributed by atoms with Crippen molar-refractivity contribution in [2.45, 2.75) is 44.6 Å². The number of benzene rings is 1. The molecular formula is C30H37N5O2. The maximum absolute atomic E-state index is 12.8. The Morgan fingerprint density at radius 2 is 1.73 bits per heavy atom. The maximum Gasteiger partial charge on any atom is 0.251 e. The molecule has 1 N–H and O–H groups in total. The lowest BCUT2D eigenvalue weighted by molar-refractivity contribution is 0.0919. The zero-order chi connectivity index (χ0) is 25.0. The summed E-state index contributed by atoms with van der Waals surface area (Å²) in [6, 6.07) is 14.2. The minimum atomic E-state index is 0.0457. The second kappa shape index (κ2) is 11.0. The molecule has 1 aliphatic carbocycles. The highest BCUT2D eigenvalue weighted by molar-refractivity contribution is 5.94. The van der Waals surface area contributed by atoms with Crippen molar-refractivity contribution in [1.29, 1.82) is 0 Å². The molecule has 0 radical (unpaired) electrons. The molecule has 0 spiro atoms. The van der Waals surface area contributed by atoms with Crippen LogP contribution in [0.15, 0.2) is 61.1 Å². The third kappa shape index (κ3) is 5.52. The second-order valence-corrected chi connectivity index (χ2v) is 10.7. The molecule has 1 amide bonds. The minimum Gasteiger partial charge on any atom is -0.489 e. The smallest absolute Gasteiger partial charge is 0.251 e. The highest BCUT2D eigenvalue weighted by Gasteiger charge is 2.26. The van der Waals surface area contributed by atoms with Crippen LogP contribution >= 0.6 is 0 Å². The van der Waals surface area contributed by atoms with Crippen molar-refractivity contribution in [2.75, 3.05) is 44.2 Å². The van der Waals surface area contributed by atoms with Crippen LogP contribution in [-0.4, -0.2) is 65.7 Å². The van der Waals surface area contributed by atoms with E-state index in [4.69, 9.17) is 4.74 Å². The summed E-state index contributed by atoms with van der Waals surface area (Å²) >= 11 is 0. The number of pyridine rings is 1. The molecule has 0 unspecified atom stereocenters. The number of nitrogens with zero attached hydrogens (tertiary/aromatic N) is 4. The van der Waals surface area contributed by atoms with Crippen molar-refractivity contribution in [1.82, 2.24) is 19.8 Å². The van der Waals surface area contributed by atoms with Crippen molar-refractivity contribution in [3.05, 3.63) is 72.2 Å². The molecule has 1 saturated carbocycles. The Balaban J connectivity index is 0.910. The highest BCUT2D eigenvalue weighted by Crippen LogP contribution is 2.34. The normalized spacial score (nSPS) is 21.9. The first-order chi connectivity index (χ1) is 18.2. The molecule has 1 saturated heterocycles. The van der Waals surface area contributed by atoms with Gasteiger partial charge in [-0.3, -0.25) is 9.69 Å². The number of rotatable bonds is 7. The minimum absolute atomic E-state index is 0.0457. The third-order valence-corrected chi connectivity index (χ3v) is 8.32. The molecule has 2 aromatic heterocycles. The number of fused-ring (bicyclic) bond motifs is 1. The van der Waals surface area contributed by atoms with E-state index in [9.17, 15) is 4.79 Å². The van der Waals surface area contributed by atoms with Gasteiger partial charge in [0.25, 0.3) is 5.91 Å². The van der Waals surface area contributed by atoms with Crippen LogP contribution in [0.3, 0.4) is 0 Å². The predicted molar refractivity (Wildman–Crippen MR) is 146 cm³/mol. The van der Waals surface area contributed by atoms with Gasteiger partial charge in [-0.2, -0.15) is 0 Å². The van der Waals surface area contributed by atoms with Crippen LogP contribution in [0.2, 0.25) is 0 Å². The Bertz CT molecular complexity index is 1180. The summed E-state index contributed by atoms with van der Waals surface area (Å²) in [5.74, 6) is 2.85. The number of amides is 1. The van der Waals surface area contributed by atoms with Crippen LogP contribution in [0.25, 0.3) is 5.69 Å². The monoisotopic (exact) mass is 499 g/mol. The largest absolute Gasteiger partial charge is 0.489 e. The second-order valence-electron chi connectivity index (χ2n) is 10.7. The van der Waals surface area contributed by atoms with Gasteiger partial charge in [-0.1, -0.05) is 0 Å². The van der Waals surface area contributed by atoms with Crippen molar-refractivity contribution in [3.8, 4) is 11.4 Å². The Labute approximate surface area is 219 Å². The van der Waals surface area contributed by atoms with Gasteiger partial charge in [0.1, 0.15) is 0 Å². The number of nitrogens with one attached hydrogen (secondary N) is 1. The average Bonchev–Trinajstić information content (AvgIpc) is 3.66. The number of anilines is 1. The summed E-state index contributed by atoms with van der Waals surface area (Å²) in [4.78, 5) is 22.4. The molecule has 1 aromatic carbocycles. The maximum atomic E-state index is 12.8. The topological polar surface area (TPSA) is 62.6 Å². The molecular weight excluding hydrogens is 462 g/mol. The van der Waals surface area contributed by atoms with E-state index in [2.05, 4.69) is 26.2 Å². The summed E-state index contributed by atoms with van der Waals surface area (Å²) in [6.45, 7) is 6.14. The highest BCUT2D eigenvalue weighted by atomic mass is 16.5. The molecule has 2 aliphatic heterocycles. The third-order valence-electron chi connectivity index (χ3n) is 8.32. The van der Waals surface area contributed by atoms with Crippen LogP contribution in [-0.2, 0) is 6.42 Å². The fourth-order valence-corrected chi connectivity index (χ4v) is 6.02. The molecule has 7 nitrogen and oxygen atoms in total.